The van der Waals surface area contributed by atoms with Crippen molar-refractivity contribution in [2.75, 3.05) is 0 Å². The number of hydrogen-bond acceptors (Lipinski definition) is 2. The summed E-state index contributed by atoms with van der Waals surface area (Å²) in [5.74, 6) is 0. The van der Waals surface area contributed by atoms with Crippen molar-refractivity contribution in [3.63, 3.8) is 0 Å². The van der Waals surface area contributed by atoms with Crippen molar-refractivity contribution in [3.05, 3.63) is 146 Å². The van der Waals surface area contributed by atoms with E-state index in [-0.39, 0.29) is 0 Å². The highest BCUT2D eigenvalue weighted by molar-refractivity contribution is 6.27. The lowest BCUT2D eigenvalue weighted by atomic mass is 10.1. The zero-order valence-electron chi connectivity index (χ0n) is 24.6. The molecular weight excluding hydrogens is 564 g/mol. The van der Waals surface area contributed by atoms with Gasteiger partial charge in [-0.2, -0.15) is 0 Å². The van der Waals surface area contributed by atoms with E-state index in [0.29, 0.717) is 0 Å². The van der Waals surface area contributed by atoms with Gasteiger partial charge in [-0.25, -0.2) is 0 Å². The molecule has 4 nitrogen and oxygen atoms in total. The summed E-state index contributed by atoms with van der Waals surface area (Å²) < 4.78 is 17.4. The number of benzene rings is 7. The Bertz CT molecular complexity index is 3040. The lowest BCUT2D eigenvalue weighted by Crippen LogP contribution is -1.96. The van der Waals surface area contributed by atoms with Crippen molar-refractivity contribution < 1.29 is 8.83 Å². The number of hydrogen-bond donors (Lipinski definition) is 0. The van der Waals surface area contributed by atoms with E-state index >= 15 is 0 Å². The molecular formula is C42H24N2O2. The third-order valence-corrected chi connectivity index (χ3v) is 9.71. The fourth-order valence-corrected chi connectivity index (χ4v) is 7.83. The predicted molar refractivity (Wildman–Crippen MR) is 190 cm³/mol. The topological polar surface area (TPSA) is 36.1 Å². The summed E-state index contributed by atoms with van der Waals surface area (Å²) in [6.07, 6.45) is 0. The minimum Gasteiger partial charge on any atom is -0.456 e. The molecule has 4 heterocycles. The highest BCUT2D eigenvalue weighted by atomic mass is 16.3. The van der Waals surface area contributed by atoms with Crippen LogP contribution in [-0.4, -0.2) is 9.13 Å². The quantitative estimate of drug-likeness (QED) is 0.201. The number of furan rings is 2. The molecule has 4 aromatic heterocycles. The van der Waals surface area contributed by atoms with Gasteiger partial charge in [0.2, 0.25) is 0 Å². The second-order valence-electron chi connectivity index (χ2n) is 12.1. The first-order valence-electron chi connectivity index (χ1n) is 15.6. The first-order valence-corrected chi connectivity index (χ1v) is 15.6. The van der Waals surface area contributed by atoms with Crippen LogP contribution in [0.2, 0.25) is 0 Å². The molecule has 214 valence electrons. The molecule has 0 fully saturated rings. The normalized spacial score (nSPS) is 12.3. The van der Waals surface area contributed by atoms with Gasteiger partial charge in [-0.3, -0.25) is 0 Å². The Morgan fingerprint density at radius 1 is 0.348 bits per heavy atom. The van der Waals surface area contributed by atoms with Crippen LogP contribution in [0.1, 0.15) is 0 Å². The van der Waals surface area contributed by atoms with Gasteiger partial charge in [0.05, 0.1) is 33.1 Å². The largest absolute Gasteiger partial charge is 0.456 e. The second-order valence-corrected chi connectivity index (χ2v) is 12.1. The summed E-state index contributed by atoms with van der Waals surface area (Å²) in [5, 5.41) is 9.39. The molecule has 0 bridgehead atoms. The van der Waals surface area contributed by atoms with E-state index in [0.717, 1.165) is 60.8 Å². The van der Waals surface area contributed by atoms with Gasteiger partial charge in [0.15, 0.2) is 0 Å². The Morgan fingerprint density at radius 3 is 1.83 bits per heavy atom. The second kappa shape index (κ2) is 8.68. The SMILES string of the molecule is c1ccc2c(c1)oc1ccc(-n3c4ccccc4c4c3ccc3c5ccccc5n(-c5cccc6oc7ccccc7c56)c34)cc12. The van der Waals surface area contributed by atoms with E-state index in [9.17, 15) is 0 Å². The number of para-hydroxylation sites is 4. The third kappa shape index (κ3) is 3.03. The van der Waals surface area contributed by atoms with E-state index in [1.54, 1.807) is 0 Å². The van der Waals surface area contributed by atoms with Gasteiger partial charge in [-0.15, -0.1) is 0 Å². The minimum absolute atomic E-state index is 0.889. The number of rotatable bonds is 2. The monoisotopic (exact) mass is 588 g/mol. The van der Waals surface area contributed by atoms with Gasteiger partial charge < -0.3 is 18.0 Å². The summed E-state index contributed by atoms with van der Waals surface area (Å²) in [6, 6.07) is 51.7. The minimum atomic E-state index is 0.889. The average molecular weight is 589 g/mol. The molecule has 0 aliphatic heterocycles. The molecule has 0 spiro atoms. The molecule has 0 radical (unpaired) electrons. The van der Waals surface area contributed by atoms with E-state index < -0.39 is 0 Å². The van der Waals surface area contributed by atoms with Crippen LogP contribution in [0.15, 0.2) is 154 Å². The van der Waals surface area contributed by atoms with Crippen LogP contribution in [0.3, 0.4) is 0 Å². The third-order valence-electron chi connectivity index (χ3n) is 9.71. The lowest BCUT2D eigenvalue weighted by Gasteiger charge is -2.11. The smallest absolute Gasteiger partial charge is 0.137 e. The van der Waals surface area contributed by atoms with Gasteiger partial charge >= 0.3 is 0 Å². The van der Waals surface area contributed by atoms with Crippen molar-refractivity contribution in [1.82, 2.24) is 9.13 Å². The summed E-state index contributed by atoms with van der Waals surface area (Å²) in [6.45, 7) is 0. The number of fused-ring (bicyclic) bond motifs is 13. The summed E-state index contributed by atoms with van der Waals surface area (Å²) >= 11 is 0. The molecule has 4 heteroatoms. The Morgan fingerprint density at radius 2 is 0.978 bits per heavy atom. The fourth-order valence-electron chi connectivity index (χ4n) is 7.83. The zero-order chi connectivity index (χ0) is 29.9. The molecule has 0 N–H and O–H groups in total. The Balaban J connectivity index is 1.32. The Kier molecular flexibility index (Phi) is 4.55. The summed E-state index contributed by atoms with van der Waals surface area (Å²) in [4.78, 5) is 0. The fraction of sp³-hybridized carbons (Fsp3) is 0. The highest BCUT2D eigenvalue weighted by Gasteiger charge is 2.23. The number of aromatic nitrogens is 2. The highest BCUT2D eigenvalue weighted by Crippen LogP contribution is 2.44. The van der Waals surface area contributed by atoms with Gasteiger partial charge in [-0.05, 0) is 60.7 Å². The van der Waals surface area contributed by atoms with Crippen LogP contribution in [0.5, 0.6) is 0 Å². The first kappa shape index (κ1) is 24.1. The van der Waals surface area contributed by atoms with Crippen molar-refractivity contribution in [3.8, 4) is 11.4 Å². The molecule has 0 saturated heterocycles. The van der Waals surface area contributed by atoms with E-state index in [2.05, 4.69) is 137 Å². The molecule has 0 saturated carbocycles. The maximum Gasteiger partial charge on any atom is 0.137 e. The molecule has 0 unspecified atom stereocenters. The Hall–Kier alpha value is -6.26. The lowest BCUT2D eigenvalue weighted by molar-refractivity contribution is 0.668. The van der Waals surface area contributed by atoms with Crippen molar-refractivity contribution >= 4 is 87.5 Å². The van der Waals surface area contributed by atoms with Crippen LogP contribution in [0, 0.1) is 0 Å². The van der Waals surface area contributed by atoms with Crippen LogP contribution >= 0.6 is 0 Å². The molecule has 0 aliphatic carbocycles. The maximum absolute atomic E-state index is 6.37. The average Bonchev–Trinajstić information content (AvgIpc) is 3.85. The van der Waals surface area contributed by atoms with Gasteiger partial charge in [0, 0.05) is 43.4 Å². The Labute approximate surface area is 261 Å². The van der Waals surface area contributed by atoms with Crippen molar-refractivity contribution in [2.45, 2.75) is 0 Å². The predicted octanol–water partition coefficient (Wildman–Crippen LogP) is 11.7. The van der Waals surface area contributed by atoms with E-state index in [1.165, 1.54) is 38.1 Å². The molecule has 0 amide bonds. The van der Waals surface area contributed by atoms with Crippen molar-refractivity contribution in [1.29, 1.82) is 0 Å². The standard InChI is InChI=1S/C42H24N2O2/c1-5-14-32-26(10-1)28-21-22-35-41(42(28)44(32)34-16-9-19-39-40(34)30-13-4-8-18-37(30)46-39)29-12-2-6-15-33(29)43(35)25-20-23-38-31(24-25)27-11-3-7-17-36(27)45-38/h1-24H. The molecule has 0 atom stereocenters. The zero-order valence-corrected chi connectivity index (χ0v) is 24.6. The molecule has 7 aromatic carbocycles. The molecule has 0 aliphatic rings. The van der Waals surface area contributed by atoms with Gasteiger partial charge in [-0.1, -0.05) is 84.9 Å². The summed E-state index contributed by atoms with van der Waals surface area (Å²) in [7, 11) is 0. The van der Waals surface area contributed by atoms with Crippen LogP contribution in [0.4, 0.5) is 0 Å². The van der Waals surface area contributed by atoms with E-state index in [1.807, 2.05) is 18.2 Å². The van der Waals surface area contributed by atoms with Gasteiger partial charge in [0.1, 0.15) is 22.3 Å². The van der Waals surface area contributed by atoms with Crippen LogP contribution in [-0.2, 0) is 0 Å². The van der Waals surface area contributed by atoms with Crippen LogP contribution in [0.25, 0.3) is 98.9 Å². The summed E-state index contributed by atoms with van der Waals surface area (Å²) in [5.41, 5.74) is 10.5. The maximum atomic E-state index is 6.37. The van der Waals surface area contributed by atoms with Crippen molar-refractivity contribution in [2.24, 2.45) is 0 Å². The first-order chi connectivity index (χ1) is 22.8. The van der Waals surface area contributed by atoms with E-state index in [4.69, 9.17) is 8.83 Å². The molecule has 11 rings (SSSR count). The molecule has 11 aromatic rings. The number of nitrogens with zero attached hydrogens (tertiary/aromatic N) is 2. The van der Waals surface area contributed by atoms with Gasteiger partial charge in [0.25, 0.3) is 0 Å². The molecule has 46 heavy (non-hydrogen) atoms. The van der Waals surface area contributed by atoms with Crippen LogP contribution < -0.4 is 0 Å².